The van der Waals surface area contributed by atoms with E-state index in [-0.39, 0.29) is 6.54 Å². The zero-order valence-electron chi connectivity index (χ0n) is 12.1. The molecular formula is C14H20N2O4. The average molecular weight is 280 g/mol. The van der Waals surface area contributed by atoms with Crippen molar-refractivity contribution in [3.63, 3.8) is 0 Å². The van der Waals surface area contributed by atoms with Crippen LogP contribution in [0.15, 0.2) is 24.3 Å². The summed E-state index contributed by atoms with van der Waals surface area (Å²) in [6.45, 7) is 5.61. The zero-order valence-corrected chi connectivity index (χ0v) is 12.1. The van der Waals surface area contributed by atoms with Crippen molar-refractivity contribution >= 4 is 12.1 Å². The fourth-order valence-corrected chi connectivity index (χ4v) is 1.50. The largest absolute Gasteiger partial charge is 0.465 e. The van der Waals surface area contributed by atoms with Gasteiger partial charge < -0.3 is 9.47 Å². The second kappa shape index (κ2) is 6.91. The first-order valence-electron chi connectivity index (χ1n) is 6.21. The summed E-state index contributed by atoms with van der Waals surface area (Å²) in [6, 6.07) is 6.99. The van der Waals surface area contributed by atoms with Crippen LogP contribution >= 0.6 is 0 Å². The molecule has 0 heterocycles. The number of methoxy groups -OCH3 is 1. The molecule has 1 rings (SSSR count). The lowest BCUT2D eigenvalue weighted by Gasteiger charge is -2.20. The maximum atomic E-state index is 11.6. The first kappa shape index (κ1) is 16.0. The standard InChI is InChI=1S/C14H20N2O4/c1-14(2,3)20-13(18)16-15-9-10-7-5-6-8-11(10)12(17)19-4/h5-8,15H,9H2,1-4H3,(H,16,18). The summed E-state index contributed by atoms with van der Waals surface area (Å²) in [5.74, 6) is -0.417. The second-order valence-corrected chi connectivity index (χ2v) is 5.13. The van der Waals surface area contributed by atoms with Crippen LogP contribution in [0.2, 0.25) is 0 Å². The van der Waals surface area contributed by atoms with Gasteiger partial charge in [-0.15, -0.1) is 0 Å². The summed E-state index contributed by atoms with van der Waals surface area (Å²) in [4.78, 5) is 23.0. The Morgan fingerprint density at radius 3 is 2.45 bits per heavy atom. The highest BCUT2D eigenvalue weighted by Crippen LogP contribution is 2.10. The summed E-state index contributed by atoms with van der Waals surface area (Å²) in [6.07, 6.45) is -0.576. The Balaban J connectivity index is 2.54. The maximum absolute atomic E-state index is 11.6. The normalized spacial score (nSPS) is 10.8. The lowest BCUT2D eigenvalue weighted by Crippen LogP contribution is -2.40. The van der Waals surface area contributed by atoms with E-state index in [4.69, 9.17) is 9.47 Å². The summed E-state index contributed by atoms with van der Waals surface area (Å²) < 4.78 is 9.76. The average Bonchev–Trinajstić information content (AvgIpc) is 2.36. The van der Waals surface area contributed by atoms with Crippen LogP contribution in [-0.2, 0) is 16.0 Å². The van der Waals surface area contributed by atoms with Crippen LogP contribution in [0, 0.1) is 0 Å². The minimum absolute atomic E-state index is 0.282. The molecule has 0 spiro atoms. The SMILES string of the molecule is COC(=O)c1ccccc1CNNC(=O)OC(C)(C)C. The van der Waals surface area contributed by atoms with Gasteiger partial charge in [0.25, 0.3) is 0 Å². The van der Waals surface area contributed by atoms with Crippen molar-refractivity contribution in [1.29, 1.82) is 0 Å². The predicted octanol–water partition coefficient (Wildman–Crippen LogP) is 2.00. The summed E-state index contributed by atoms with van der Waals surface area (Å²) >= 11 is 0. The molecule has 0 radical (unpaired) electrons. The smallest absolute Gasteiger partial charge is 0.422 e. The van der Waals surface area contributed by atoms with E-state index in [0.717, 1.165) is 5.56 Å². The Bertz CT molecular complexity index is 480. The van der Waals surface area contributed by atoms with Crippen molar-refractivity contribution in [3.05, 3.63) is 35.4 Å². The quantitative estimate of drug-likeness (QED) is 0.651. The van der Waals surface area contributed by atoms with Crippen molar-refractivity contribution in [2.75, 3.05) is 7.11 Å². The molecule has 1 amide bonds. The second-order valence-electron chi connectivity index (χ2n) is 5.13. The van der Waals surface area contributed by atoms with Gasteiger partial charge in [-0.05, 0) is 32.4 Å². The Labute approximate surface area is 118 Å². The fourth-order valence-electron chi connectivity index (χ4n) is 1.50. The van der Waals surface area contributed by atoms with Gasteiger partial charge in [-0.1, -0.05) is 18.2 Å². The highest BCUT2D eigenvalue weighted by atomic mass is 16.6. The number of carbonyl (C=O) groups excluding carboxylic acids is 2. The minimum atomic E-state index is -0.576. The van der Waals surface area contributed by atoms with Crippen LogP contribution < -0.4 is 10.9 Å². The van der Waals surface area contributed by atoms with Gasteiger partial charge in [0.05, 0.1) is 12.7 Å². The zero-order chi connectivity index (χ0) is 15.2. The molecule has 0 aliphatic heterocycles. The van der Waals surface area contributed by atoms with E-state index in [1.54, 1.807) is 45.0 Å². The number of hydrogen-bond acceptors (Lipinski definition) is 5. The van der Waals surface area contributed by atoms with Crippen LogP contribution in [0.1, 0.15) is 36.7 Å². The van der Waals surface area contributed by atoms with Gasteiger partial charge in [-0.2, -0.15) is 0 Å². The highest BCUT2D eigenvalue weighted by molar-refractivity contribution is 5.90. The lowest BCUT2D eigenvalue weighted by molar-refractivity contribution is 0.0497. The van der Waals surface area contributed by atoms with Crippen molar-refractivity contribution in [2.24, 2.45) is 0 Å². The number of hydrogen-bond donors (Lipinski definition) is 2. The van der Waals surface area contributed by atoms with Crippen LogP contribution in [0.3, 0.4) is 0 Å². The number of amides is 1. The molecule has 0 aromatic heterocycles. The topological polar surface area (TPSA) is 76.7 Å². The molecule has 0 saturated carbocycles. The van der Waals surface area contributed by atoms with Crippen LogP contribution in [-0.4, -0.2) is 24.8 Å². The molecule has 0 aliphatic carbocycles. The Hall–Kier alpha value is -2.08. The first-order chi connectivity index (χ1) is 9.33. The summed E-state index contributed by atoms with van der Waals surface area (Å²) in [5.41, 5.74) is 5.73. The fraction of sp³-hybridized carbons (Fsp3) is 0.429. The van der Waals surface area contributed by atoms with Gasteiger partial charge in [0.2, 0.25) is 0 Å². The maximum Gasteiger partial charge on any atom is 0.422 e. The van der Waals surface area contributed by atoms with Crippen molar-refractivity contribution in [2.45, 2.75) is 32.9 Å². The molecule has 0 bridgehead atoms. The molecule has 0 unspecified atom stereocenters. The molecule has 2 N–H and O–H groups in total. The molecule has 1 aromatic rings. The van der Waals surface area contributed by atoms with E-state index in [1.165, 1.54) is 7.11 Å². The molecule has 110 valence electrons. The third-order valence-electron chi connectivity index (χ3n) is 2.29. The summed E-state index contributed by atoms with van der Waals surface area (Å²) in [5, 5.41) is 0. The number of hydrazine groups is 1. The number of esters is 1. The molecule has 20 heavy (non-hydrogen) atoms. The van der Waals surface area contributed by atoms with Gasteiger partial charge >= 0.3 is 12.1 Å². The van der Waals surface area contributed by atoms with Gasteiger partial charge in [0.15, 0.2) is 0 Å². The molecule has 0 atom stereocenters. The van der Waals surface area contributed by atoms with E-state index in [2.05, 4.69) is 10.9 Å². The molecule has 0 fully saturated rings. The van der Waals surface area contributed by atoms with Crippen LogP contribution in [0.4, 0.5) is 4.79 Å². The van der Waals surface area contributed by atoms with Crippen LogP contribution in [0.5, 0.6) is 0 Å². The number of nitrogens with one attached hydrogen (secondary N) is 2. The third kappa shape index (κ3) is 5.27. The van der Waals surface area contributed by atoms with Gasteiger partial charge in [-0.25, -0.2) is 15.0 Å². The molecule has 0 aliphatic rings. The molecule has 6 nitrogen and oxygen atoms in total. The lowest BCUT2D eigenvalue weighted by atomic mass is 10.1. The molecule has 0 saturated heterocycles. The molecule has 1 aromatic carbocycles. The number of rotatable bonds is 4. The molecule has 6 heteroatoms. The van der Waals surface area contributed by atoms with E-state index in [9.17, 15) is 9.59 Å². The van der Waals surface area contributed by atoms with Gasteiger partial charge in [0.1, 0.15) is 5.60 Å². The third-order valence-corrected chi connectivity index (χ3v) is 2.29. The Morgan fingerprint density at radius 1 is 1.20 bits per heavy atom. The summed E-state index contributed by atoms with van der Waals surface area (Å²) in [7, 11) is 1.32. The first-order valence-corrected chi connectivity index (χ1v) is 6.21. The number of ether oxygens (including phenoxy) is 2. The van der Waals surface area contributed by atoms with Gasteiger partial charge in [-0.3, -0.25) is 5.43 Å². The minimum Gasteiger partial charge on any atom is -0.465 e. The predicted molar refractivity (Wildman–Crippen MR) is 74.0 cm³/mol. The Kier molecular flexibility index (Phi) is 5.52. The van der Waals surface area contributed by atoms with Crippen molar-refractivity contribution in [3.8, 4) is 0 Å². The highest BCUT2D eigenvalue weighted by Gasteiger charge is 2.16. The number of carbonyl (C=O) groups is 2. The monoisotopic (exact) mass is 280 g/mol. The van der Waals surface area contributed by atoms with Crippen molar-refractivity contribution < 1.29 is 19.1 Å². The van der Waals surface area contributed by atoms with E-state index in [1.807, 2.05) is 0 Å². The molecular weight excluding hydrogens is 260 g/mol. The van der Waals surface area contributed by atoms with E-state index in [0.29, 0.717) is 5.56 Å². The van der Waals surface area contributed by atoms with E-state index < -0.39 is 17.7 Å². The van der Waals surface area contributed by atoms with E-state index >= 15 is 0 Å². The van der Waals surface area contributed by atoms with Crippen LogP contribution in [0.25, 0.3) is 0 Å². The number of benzene rings is 1. The van der Waals surface area contributed by atoms with Crippen molar-refractivity contribution in [1.82, 2.24) is 10.9 Å². The Morgan fingerprint density at radius 2 is 1.85 bits per heavy atom. The van der Waals surface area contributed by atoms with Gasteiger partial charge in [0, 0.05) is 6.54 Å².